The Labute approximate surface area is 166 Å². The Kier molecular flexibility index (Phi) is 4.35. The van der Waals surface area contributed by atoms with Gasteiger partial charge in [0.25, 0.3) is 5.56 Å². The van der Waals surface area contributed by atoms with Gasteiger partial charge in [0.15, 0.2) is 5.13 Å². The zero-order chi connectivity index (χ0) is 20.1. The summed E-state index contributed by atoms with van der Waals surface area (Å²) in [4.78, 5) is 34.1. The van der Waals surface area contributed by atoms with E-state index in [1.54, 1.807) is 12.4 Å². The van der Waals surface area contributed by atoms with Crippen LogP contribution in [-0.4, -0.2) is 31.5 Å². The number of pyridine rings is 1. The van der Waals surface area contributed by atoms with Gasteiger partial charge in [0.05, 0.1) is 22.0 Å². The third kappa shape index (κ3) is 3.45. The third-order valence-corrected chi connectivity index (χ3v) is 5.97. The van der Waals surface area contributed by atoms with Crippen molar-refractivity contribution in [2.45, 2.75) is 45.3 Å². The molecule has 8 heteroatoms. The van der Waals surface area contributed by atoms with Crippen LogP contribution < -0.4 is 10.9 Å². The average Bonchev–Trinajstić information content (AvgIpc) is 3.15. The number of nitrogens with one attached hydrogen (secondary N) is 1. The van der Waals surface area contributed by atoms with E-state index in [0.717, 1.165) is 10.4 Å². The molecule has 1 aliphatic rings. The first-order valence-electron chi connectivity index (χ1n) is 9.09. The highest BCUT2D eigenvalue weighted by Gasteiger charge is 2.49. The summed E-state index contributed by atoms with van der Waals surface area (Å²) in [5.41, 5.74) is 0.483. The van der Waals surface area contributed by atoms with Crippen LogP contribution in [0.15, 0.2) is 41.6 Å². The SMILES string of the molecule is CC1(C)CC(C(=O)Nc2ncc(-c3ccn4c(=O)ccnc4c3)s2)C(C)(C)O1. The molecule has 0 aliphatic carbocycles. The number of ether oxygens (including phenoxy) is 1. The van der Waals surface area contributed by atoms with Crippen molar-refractivity contribution in [1.82, 2.24) is 14.4 Å². The van der Waals surface area contributed by atoms with Crippen LogP contribution in [0.25, 0.3) is 16.1 Å². The molecule has 0 radical (unpaired) electrons. The third-order valence-electron chi connectivity index (χ3n) is 5.01. The summed E-state index contributed by atoms with van der Waals surface area (Å²) in [6.45, 7) is 7.90. The molecule has 0 bridgehead atoms. The van der Waals surface area contributed by atoms with Crippen LogP contribution in [0.4, 0.5) is 5.13 Å². The summed E-state index contributed by atoms with van der Waals surface area (Å²) < 4.78 is 7.50. The lowest BCUT2D eigenvalue weighted by Gasteiger charge is -2.26. The van der Waals surface area contributed by atoms with Crippen molar-refractivity contribution in [3.63, 3.8) is 0 Å². The van der Waals surface area contributed by atoms with Gasteiger partial charge in [0.1, 0.15) is 5.65 Å². The molecule has 3 aromatic rings. The average molecular weight is 398 g/mol. The van der Waals surface area contributed by atoms with Crippen molar-refractivity contribution in [3.05, 3.63) is 47.1 Å². The summed E-state index contributed by atoms with van der Waals surface area (Å²) in [5, 5.41) is 3.47. The Balaban J connectivity index is 1.55. The van der Waals surface area contributed by atoms with Crippen LogP contribution in [0.2, 0.25) is 0 Å². The molecule has 4 rings (SSSR count). The van der Waals surface area contributed by atoms with E-state index in [1.807, 2.05) is 39.8 Å². The molecule has 1 fully saturated rings. The number of fused-ring (bicyclic) bond motifs is 1. The van der Waals surface area contributed by atoms with Gasteiger partial charge in [-0.15, -0.1) is 0 Å². The fourth-order valence-electron chi connectivity index (χ4n) is 3.81. The molecule has 4 heterocycles. The number of carbonyl (C=O) groups is 1. The van der Waals surface area contributed by atoms with Crippen LogP contribution in [0.5, 0.6) is 0 Å². The number of hydrogen-bond donors (Lipinski definition) is 1. The molecule has 1 unspecified atom stereocenters. The summed E-state index contributed by atoms with van der Waals surface area (Å²) in [5.74, 6) is -0.324. The molecule has 0 spiro atoms. The number of carbonyl (C=O) groups excluding carboxylic acids is 1. The predicted molar refractivity (Wildman–Crippen MR) is 109 cm³/mol. The number of aromatic nitrogens is 3. The zero-order valence-electron chi connectivity index (χ0n) is 16.2. The topological polar surface area (TPSA) is 85.6 Å². The van der Waals surface area contributed by atoms with Crippen LogP contribution in [-0.2, 0) is 9.53 Å². The van der Waals surface area contributed by atoms with Crippen LogP contribution >= 0.6 is 11.3 Å². The summed E-state index contributed by atoms with van der Waals surface area (Å²) in [6.07, 6.45) is 5.56. The van der Waals surface area contributed by atoms with Gasteiger partial charge < -0.3 is 10.1 Å². The minimum absolute atomic E-state index is 0.0804. The number of rotatable bonds is 3. The lowest BCUT2D eigenvalue weighted by atomic mass is 9.87. The molecule has 1 amide bonds. The van der Waals surface area contributed by atoms with Crippen LogP contribution in [0.3, 0.4) is 0 Å². The number of amides is 1. The number of thiazole rings is 1. The monoisotopic (exact) mass is 398 g/mol. The number of hydrogen-bond acceptors (Lipinski definition) is 6. The molecule has 1 saturated heterocycles. The van der Waals surface area contributed by atoms with E-state index in [2.05, 4.69) is 15.3 Å². The second kappa shape index (κ2) is 6.49. The van der Waals surface area contributed by atoms with Crippen LogP contribution in [0, 0.1) is 5.92 Å². The van der Waals surface area contributed by atoms with Gasteiger partial charge >= 0.3 is 0 Å². The van der Waals surface area contributed by atoms with Gasteiger partial charge in [-0.2, -0.15) is 0 Å². The summed E-state index contributed by atoms with van der Waals surface area (Å²) >= 11 is 1.39. The highest BCUT2D eigenvalue weighted by molar-refractivity contribution is 7.19. The maximum atomic E-state index is 12.8. The van der Waals surface area contributed by atoms with Crippen molar-refractivity contribution in [3.8, 4) is 10.4 Å². The van der Waals surface area contributed by atoms with E-state index in [1.165, 1.54) is 28.0 Å². The molecule has 0 saturated carbocycles. The molecular formula is C20H22N4O3S. The lowest BCUT2D eigenvalue weighted by Crippen LogP contribution is -2.36. The first kappa shape index (κ1) is 18.8. The van der Waals surface area contributed by atoms with E-state index in [4.69, 9.17) is 4.74 Å². The molecule has 1 aliphatic heterocycles. The van der Waals surface area contributed by atoms with Gasteiger partial charge in [-0.25, -0.2) is 9.97 Å². The highest BCUT2D eigenvalue weighted by atomic mass is 32.1. The predicted octanol–water partition coefficient (Wildman–Crippen LogP) is 3.35. The van der Waals surface area contributed by atoms with Crippen molar-refractivity contribution in [2.24, 2.45) is 5.92 Å². The largest absolute Gasteiger partial charge is 0.369 e. The first-order valence-corrected chi connectivity index (χ1v) is 9.91. The standard InChI is InChI=1S/C20H22N4O3S/c1-19(2)10-13(20(3,4)27-19)17(26)23-18-22-11-14(28-18)12-6-8-24-15(9-12)21-7-5-16(24)25/h5-9,11,13H,10H2,1-4H3,(H,22,23,26). The lowest BCUT2D eigenvalue weighted by molar-refractivity contribution is -0.126. The van der Waals surface area contributed by atoms with Gasteiger partial charge in [-0.3, -0.25) is 14.0 Å². The molecule has 1 N–H and O–H groups in total. The van der Waals surface area contributed by atoms with Gasteiger partial charge in [0, 0.05) is 24.7 Å². The second-order valence-electron chi connectivity index (χ2n) is 8.17. The Hall–Kier alpha value is -2.58. The number of nitrogens with zero attached hydrogens (tertiary/aromatic N) is 3. The molecule has 0 aromatic carbocycles. The minimum Gasteiger partial charge on any atom is -0.369 e. The van der Waals surface area contributed by atoms with Gasteiger partial charge in [-0.05, 0) is 51.8 Å². The number of anilines is 1. The quantitative estimate of drug-likeness (QED) is 0.731. The maximum Gasteiger partial charge on any atom is 0.257 e. The minimum atomic E-state index is -0.523. The summed E-state index contributed by atoms with van der Waals surface area (Å²) in [7, 11) is 0. The van der Waals surface area contributed by atoms with Gasteiger partial charge in [-0.1, -0.05) is 11.3 Å². The van der Waals surface area contributed by atoms with E-state index in [9.17, 15) is 9.59 Å². The Bertz CT molecular complexity index is 1120. The van der Waals surface area contributed by atoms with Crippen molar-refractivity contribution < 1.29 is 9.53 Å². The van der Waals surface area contributed by atoms with E-state index >= 15 is 0 Å². The van der Waals surface area contributed by atoms with Crippen molar-refractivity contribution in [1.29, 1.82) is 0 Å². The zero-order valence-corrected chi connectivity index (χ0v) is 17.0. The Morgan fingerprint density at radius 2 is 2.07 bits per heavy atom. The first-order chi connectivity index (χ1) is 13.1. The maximum absolute atomic E-state index is 12.8. The van der Waals surface area contributed by atoms with Crippen molar-refractivity contribution in [2.75, 3.05) is 5.32 Å². The second-order valence-corrected chi connectivity index (χ2v) is 9.20. The molecule has 28 heavy (non-hydrogen) atoms. The molecule has 146 valence electrons. The smallest absolute Gasteiger partial charge is 0.257 e. The summed E-state index contributed by atoms with van der Waals surface area (Å²) in [6, 6.07) is 5.09. The van der Waals surface area contributed by atoms with Crippen molar-refractivity contribution >= 4 is 28.0 Å². The van der Waals surface area contributed by atoms with E-state index < -0.39 is 5.60 Å². The Morgan fingerprint density at radius 1 is 1.29 bits per heavy atom. The molecular weight excluding hydrogens is 376 g/mol. The molecule has 7 nitrogen and oxygen atoms in total. The highest BCUT2D eigenvalue weighted by Crippen LogP contribution is 2.42. The van der Waals surface area contributed by atoms with Crippen LogP contribution in [0.1, 0.15) is 34.1 Å². The molecule has 1 atom stereocenters. The van der Waals surface area contributed by atoms with E-state index in [-0.39, 0.29) is 23.0 Å². The fourth-order valence-corrected chi connectivity index (χ4v) is 4.63. The van der Waals surface area contributed by atoms with E-state index in [0.29, 0.717) is 17.2 Å². The fraction of sp³-hybridized carbons (Fsp3) is 0.400. The normalized spacial score (nSPS) is 20.4. The molecule has 3 aromatic heterocycles. The van der Waals surface area contributed by atoms with Gasteiger partial charge in [0.2, 0.25) is 5.91 Å². The Morgan fingerprint density at radius 3 is 2.79 bits per heavy atom.